The van der Waals surface area contributed by atoms with Gasteiger partial charge in [-0.25, -0.2) is 0 Å². The van der Waals surface area contributed by atoms with Gasteiger partial charge in [0.15, 0.2) is 11.5 Å². The van der Waals surface area contributed by atoms with Crippen molar-refractivity contribution in [3.63, 3.8) is 0 Å². The van der Waals surface area contributed by atoms with Gasteiger partial charge in [0.1, 0.15) is 0 Å². The molecule has 2 N–H and O–H groups in total. The molecule has 0 saturated heterocycles. The molecule has 4 heteroatoms. The lowest BCUT2D eigenvalue weighted by Gasteiger charge is -2.15. The highest BCUT2D eigenvalue weighted by Crippen LogP contribution is 2.52. The largest absolute Gasteiger partial charge is 0.493 e. The highest BCUT2D eigenvalue weighted by atomic mass is 16.7. The van der Waals surface area contributed by atoms with E-state index in [0.717, 1.165) is 24.3 Å². The molecule has 4 nitrogen and oxygen atoms in total. The molecule has 0 bridgehead atoms. The maximum absolute atomic E-state index is 5.82. The molecule has 0 spiro atoms. The van der Waals surface area contributed by atoms with Crippen molar-refractivity contribution < 1.29 is 14.2 Å². The van der Waals surface area contributed by atoms with Gasteiger partial charge in [-0.2, -0.15) is 0 Å². The lowest BCUT2D eigenvalue weighted by molar-refractivity contribution is 0.171. The number of rotatable bonds is 3. The van der Waals surface area contributed by atoms with Crippen LogP contribution in [-0.4, -0.2) is 20.4 Å². The van der Waals surface area contributed by atoms with Crippen LogP contribution in [0.4, 0.5) is 0 Å². The summed E-state index contributed by atoms with van der Waals surface area (Å²) in [6.07, 6.45) is 2.29. The van der Waals surface area contributed by atoms with E-state index < -0.39 is 0 Å². The van der Waals surface area contributed by atoms with Gasteiger partial charge in [0, 0.05) is 12.0 Å². The van der Waals surface area contributed by atoms with Crippen LogP contribution in [0.5, 0.6) is 17.2 Å². The first-order chi connectivity index (χ1) is 7.79. The molecule has 16 heavy (non-hydrogen) atoms. The number of hydrogen-bond acceptors (Lipinski definition) is 4. The Hall–Kier alpha value is -1.42. The summed E-state index contributed by atoms with van der Waals surface area (Å²) in [5, 5.41) is 0. The number of hydrogen-bond donors (Lipinski definition) is 1. The van der Waals surface area contributed by atoms with Crippen molar-refractivity contribution in [2.45, 2.75) is 18.3 Å². The third-order valence-electron chi connectivity index (χ3n) is 3.52. The average molecular weight is 221 g/mol. The molecule has 0 radical (unpaired) electrons. The minimum Gasteiger partial charge on any atom is -0.493 e. The number of fused-ring (bicyclic) bond motifs is 1. The Morgan fingerprint density at radius 2 is 2.19 bits per heavy atom. The molecule has 1 aromatic rings. The summed E-state index contributed by atoms with van der Waals surface area (Å²) in [6, 6.07) is 4.05. The summed E-state index contributed by atoms with van der Waals surface area (Å²) in [4.78, 5) is 0. The molecule has 2 aliphatic rings. The first kappa shape index (κ1) is 9.78. The molecule has 1 heterocycles. The quantitative estimate of drug-likeness (QED) is 0.838. The molecule has 86 valence electrons. The van der Waals surface area contributed by atoms with Gasteiger partial charge in [0.2, 0.25) is 12.5 Å². The Bertz CT molecular complexity index is 427. The van der Waals surface area contributed by atoms with E-state index in [9.17, 15) is 0 Å². The molecule has 3 rings (SSSR count). The summed E-state index contributed by atoms with van der Waals surface area (Å²) in [7, 11) is 1.64. The van der Waals surface area contributed by atoms with Crippen molar-refractivity contribution in [1.82, 2.24) is 0 Å². The lowest BCUT2D eigenvalue weighted by Crippen LogP contribution is -2.19. The fraction of sp³-hybridized carbons (Fsp3) is 0.500. The minimum atomic E-state index is 0.147. The predicted octanol–water partition coefficient (Wildman–Crippen LogP) is 1.41. The maximum atomic E-state index is 5.82. The minimum absolute atomic E-state index is 0.147. The predicted molar refractivity (Wildman–Crippen MR) is 59.1 cm³/mol. The van der Waals surface area contributed by atoms with Crippen LogP contribution in [0.1, 0.15) is 18.4 Å². The second-order valence-electron chi connectivity index (χ2n) is 4.40. The van der Waals surface area contributed by atoms with Crippen LogP contribution in [0.25, 0.3) is 0 Å². The van der Waals surface area contributed by atoms with E-state index in [2.05, 4.69) is 0 Å². The van der Waals surface area contributed by atoms with E-state index in [1.54, 1.807) is 7.11 Å². The first-order valence-corrected chi connectivity index (χ1v) is 5.47. The van der Waals surface area contributed by atoms with Gasteiger partial charge < -0.3 is 19.9 Å². The standard InChI is InChI=1S/C12H15NO3/c1-14-9-4-8(12(6-13)2-3-12)5-10-11(9)16-7-15-10/h4-5H,2-3,6-7,13H2,1H3. The summed E-state index contributed by atoms with van der Waals surface area (Å²) in [6.45, 7) is 0.945. The van der Waals surface area contributed by atoms with Gasteiger partial charge in [0.05, 0.1) is 7.11 Å². The van der Waals surface area contributed by atoms with E-state index in [4.69, 9.17) is 19.9 Å². The van der Waals surface area contributed by atoms with Crippen molar-refractivity contribution in [1.29, 1.82) is 0 Å². The molecular formula is C12H15NO3. The second-order valence-corrected chi connectivity index (χ2v) is 4.40. The van der Waals surface area contributed by atoms with Gasteiger partial charge >= 0.3 is 0 Å². The van der Waals surface area contributed by atoms with Crippen LogP contribution in [0, 0.1) is 0 Å². The Morgan fingerprint density at radius 3 is 2.81 bits per heavy atom. The summed E-state index contributed by atoms with van der Waals surface area (Å²) in [5.41, 5.74) is 7.18. The lowest BCUT2D eigenvalue weighted by atomic mass is 9.95. The van der Waals surface area contributed by atoms with Crippen molar-refractivity contribution in [2.24, 2.45) is 5.73 Å². The Balaban J connectivity index is 2.08. The molecule has 1 aliphatic heterocycles. The normalized spacial score (nSPS) is 19.6. The van der Waals surface area contributed by atoms with Crippen LogP contribution in [-0.2, 0) is 5.41 Å². The zero-order chi connectivity index (χ0) is 11.2. The van der Waals surface area contributed by atoms with Crippen molar-refractivity contribution in [3.8, 4) is 17.2 Å². The van der Waals surface area contributed by atoms with Gasteiger partial charge in [-0.05, 0) is 30.5 Å². The van der Waals surface area contributed by atoms with Gasteiger partial charge in [-0.15, -0.1) is 0 Å². The fourth-order valence-corrected chi connectivity index (χ4v) is 2.20. The zero-order valence-corrected chi connectivity index (χ0v) is 9.29. The molecule has 1 aliphatic carbocycles. The third-order valence-corrected chi connectivity index (χ3v) is 3.52. The number of methoxy groups -OCH3 is 1. The highest BCUT2D eigenvalue weighted by Gasteiger charge is 2.44. The first-order valence-electron chi connectivity index (χ1n) is 5.47. The monoisotopic (exact) mass is 221 g/mol. The van der Waals surface area contributed by atoms with Crippen LogP contribution >= 0.6 is 0 Å². The average Bonchev–Trinajstić information content (AvgIpc) is 2.99. The van der Waals surface area contributed by atoms with E-state index in [-0.39, 0.29) is 12.2 Å². The van der Waals surface area contributed by atoms with E-state index in [1.807, 2.05) is 12.1 Å². The third kappa shape index (κ3) is 1.26. The smallest absolute Gasteiger partial charge is 0.231 e. The van der Waals surface area contributed by atoms with Gasteiger partial charge in [-0.1, -0.05) is 0 Å². The molecule has 0 unspecified atom stereocenters. The SMILES string of the molecule is COc1cc(C2(CN)CC2)cc2c1OCO2. The Labute approximate surface area is 94.3 Å². The topological polar surface area (TPSA) is 53.7 Å². The molecule has 1 saturated carbocycles. The number of ether oxygens (including phenoxy) is 3. The molecule has 0 amide bonds. The zero-order valence-electron chi connectivity index (χ0n) is 9.29. The van der Waals surface area contributed by atoms with Crippen LogP contribution < -0.4 is 19.9 Å². The van der Waals surface area contributed by atoms with Crippen LogP contribution in [0.2, 0.25) is 0 Å². The van der Waals surface area contributed by atoms with E-state index in [0.29, 0.717) is 12.3 Å². The second kappa shape index (κ2) is 3.28. The highest BCUT2D eigenvalue weighted by molar-refractivity contribution is 5.57. The fourth-order valence-electron chi connectivity index (χ4n) is 2.20. The Morgan fingerprint density at radius 1 is 1.38 bits per heavy atom. The molecule has 0 aromatic heterocycles. The number of nitrogens with two attached hydrogens (primary N) is 1. The summed E-state index contributed by atoms with van der Waals surface area (Å²) in [5.74, 6) is 2.22. The Kier molecular flexibility index (Phi) is 2.01. The maximum Gasteiger partial charge on any atom is 0.231 e. The van der Waals surface area contributed by atoms with Gasteiger partial charge in [-0.3, -0.25) is 0 Å². The van der Waals surface area contributed by atoms with E-state index >= 15 is 0 Å². The molecule has 1 aromatic carbocycles. The van der Waals surface area contributed by atoms with Gasteiger partial charge in [0.25, 0.3) is 0 Å². The van der Waals surface area contributed by atoms with Crippen molar-refractivity contribution in [3.05, 3.63) is 17.7 Å². The van der Waals surface area contributed by atoms with E-state index in [1.165, 1.54) is 5.56 Å². The molecular weight excluding hydrogens is 206 g/mol. The summed E-state index contributed by atoms with van der Waals surface area (Å²) < 4.78 is 16.1. The number of benzene rings is 1. The summed E-state index contributed by atoms with van der Waals surface area (Å²) >= 11 is 0. The van der Waals surface area contributed by atoms with Crippen LogP contribution in [0.3, 0.4) is 0 Å². The molecule has 1 fully saturated rings. The molecule has 0 atom stereocenters. The van der Waals surface area contributed by atoms with Crippen LogP contribution in [0.15, 0.2) is 12.1 Å². The van der Waals surface area contributed by atoms with Crippen molar-refractivity contribution >= 4 is 0 Å². The van der Waals surface area contributed by atoms with Crippen molar-refractivity contribution in [2.75, 3.05) is 20.4 Å².